The van der Waals surface area contributed by atoms with Gasteiger partial charge in [0.25, 0.3) is 5.56 Å². The van der Waals surface area contributed by atoms with Gasteiger partial charge < -0.3 is 15.4 Å². The first-order chi connectivity index (χ1) is 19.9. The number of rotatable bonds is 6. The van der Waals surface area contributed by atoms with Crippen LogP contribution in [0.25, 0.3) is 10.9 Å². The fourth-order valence-corrected chi connectivity index (χ4v) is 7.50. The van der Waals surface area contributed by atoms with E-state index in [-0.39, 0.29) is 17.0 Å². The highest BCUT2D eigenvalue weighted by atomic mass is 35.5. The van der Waals surface area contributed by atoms with Gasteiger partial charge in [-0.15, -0.1) is 0 Å². The summed E-state index contributed by atoms with van der Waals surface area (Å²) in [6.45, 7) is 9.55. The highest BCUT2D eigenvalue weighted by Gasteiger charge is 2.45. The molecule has 2 aliphatic heterocycles. The summed E-state index contributed by atoms with van der Waals surface area (Å²) in [5.41, 5.74) is 10.0. The number of piperidine rings is 1. The number of aliphatic imine (C=N–C) groups is 2. The number of ether oxygens (including phenoxy) is 1. The second kappa shape index (κ2) is 11.7. The van der Waals surface area contributed by atoms with Gasteiger partial charge in [0.05, 0.1) is 35.1 Å². The highest BCUT2D eigenvalue weighted by molar-refractivity contribution is 8.03. The maximum absolute atomic E-state index is 13.3. The molecule has 2 N–H and O–H groups in total. The number of amidine groups is 1. The number of thioether (sulfide) groups is 1. The first-order valence-corrected chi connectivity index (χ1v) is 15.3. The van der Waals surface area contributed by atoms with Crippen LogP contribution < -0.4 is 11.3 Å². The van der Waals surface area contributed by atoms with Crippen LogP contribution in [0, 0.1) is 11.3 Å². The number of nitrogens with two attached hydrogens (primary N) is 1. The van der Waals surface area contributed by atoms with E-state index in [9.17, 15) is 4.79 Å². The van der Waals surface area contributed by atoms with E-state index in [1.54, 1.807) is 17.1 Å². The van der Waals surface area contributed by atoms with E-state index in [0.29, 0.717) is 44.9 Å². The summed E-state index contributed by atoms with van der Waals surface area (Å²) >= 11 is 8.12. The van der Waals surface area contributed by atoms with Crippen LogP contribution >= 0.6 is 23.4 Å². The van der Waals surface area contributed by atoms with Crippen LogP contribution in [0.2, 0.25) is 5.02 Å². The molecule has 41 heavy (non-hydrogen) atoms. The fourth-order valence-electron chi connectivity index (χ4n) is 6.42. The number of nitrogens with zero attached hydrogens (tertiary/aromatic N) is 5. The Morgan fingerprint density at radius 3 is 2.83 bits per heavy atom. The van der Waals surface area contributed by atoms with Crippen LogP contribution in [0.5, 0.6) is 0 Å². The lowest BCUT2D eigenvalue weighted by Gasteiger charge is -2.42. The third kappa shape index (κ3) is 5.48. The van der Waals surface area contributed by atoms with Gasteiger partial charge in [0.15, 0.2) is 0 Å². The molecule has 0 amide bonds. The Labute approximate surface area is 249 Å². The molecule has 2 atom stereocenters. The van der Waals surface area contributed by atoms with Crippen LogP contribution in [0.1, 0.15) is 43.4 Å². The summed E-state index contributed by atoms with van der Waals surface area (Å²) in [6.07, 6.45) is 7.38. The molecular weight excluding hydrogens is 556 g/mol. The van der Waals surface area contributed by atoms with Gasteiger partial charge in [0, 0.05) is 43.1 Å². The van der Waals surface area contributed by atoms with Crippen molar-refractivity contribution < 1.29 is 4.74 Å². The number of hydrogen-bond donors (Lipinski definition) is 1. The van der Waals surface area contributed by atoms with Crippen molar-refractivity contribution >= 4 is 46.8 Å². The number of hydrogen-bond acceptors (Lipinski definition) is 7. The van der Waals surface area contributed by atoms with Gasteiger partial charge >= 0.3 is 0 Å². The minimum absolute atomic E-state index is 0.0914. The molecule has 2 aromatic carbocycles. The summed E-state index contributed by atoms with van der Waals surface area (Å²) in [6, 6.07) is 12.4. The molecule has 0 saturated carbocycles. The van der Waals surface area contributed by atoms with Gasteiger partial charge in [-0.25, -0.2) is 9.98 Å². The molecule has 8 nitrogen and oxygen atoms in total. The van der Waals surface area contributed by atoms with E-state index in [1.165, 1.54) is 22.9 Å². The second-order valence-corrected chi connectivity index (χ2v) is 12.8. The molecule has 2 fully saturated rings. The molecule has 1 unspecified atom stereocenters. The van der Waals surface area contributed by atoms with E-state index >= 15 is 0 Å². The van der Waals surface area contributed by atoms with Gasteiger partial charge in [-0.2, -0.15) is 0 Å². The Morgan fingerprint density at radius 1 is 1.29 bits per heavy atom. The Kier molecular flexibility index (Phi) is 8.05. The summed E-state index contributed by atoms with van der Waals surface area (Å²) in [4.78, 5) is 29.7. The Balaban J connectivity index is 1.15. The van der Waals surface area contributed by atoms with E-state index in [0.717, 1.165) is 51.2 Å². The van der Waals surface area contributed by atoms with Crippen molar-refractivity contribution in [1.29, 1.82) is 0 Å². The van der Waals surface area contributed by atoms with E-state index < -0.39 is 0 Å². The summed E-state index contributed by atoms with van der Waals surface area (Å²) in [5, 5.41) is 1.38. The van der Waals surface area contributed by atoms with Gasteiger partial charge in [0.2, 0.25) is 0 Å². The molecule has 1 aromatic heterocycles. The van der Waals surface area contributed by atoms with Crippen molar-refractivity contribution in [2.75, 3.05) is 26.3 Å². The first-order valence-electron chi connectivity index (χ1n) is 14.1. The third-order valence-corrected chi connectivity index (χ3v) is 10.4. The number of halogens is 1. The Bertz CT molecular complexity index is 1590. The lowest BCUT2D eigenvalue weighted by molar-refractivity contribution is 0.127. The van der Waals surface area contributed by atoms with Crippen molar-refractivity contribution in [3.63, 3.8) is 0 Å². The van der Waals surface area contributed by atoms with Crippen molar-refractivity contribution in [3.8, 4) is 0 Å². The molecule has 0 bridgehead atoms. The Morgan fingerprint density at radius 2 is 2.10 bits per heavy atom. The summed E-state index contributed by atoms with van der Waals surface area (Å²) < 4.78 is 7.10. The van der Waals surface area contributed by atoms with Crippen LogP contribution in [-0.4, -0.2) is 53.3 Å². The van der Waals surface area contributed by atoms with Crippen molar-refractivity contribution in [2.24, 2.45) is 27.1 Å². The summed E-state index contributed by atoms with van der Waals surface area (Å²) in [5.74, 6) is 1.23. The minimum atomic E-state index is -0.145. The molecule has 0 radical (unpaired) electrons. The molecule has 3 heterocycles. The smallest absolute Gasteiger partial charge is 0.262 e. The topological polar surface area (TPSA) is 98.1 Å². The molecule has 1 aliphatic carbocycles. The molecule has 214 valence electrons. The fraction of sp³-hybridized carbons (Fsp3) is 0.419. The van der Waals surface area contributed by atoms with E-state index in [4.69, 9.17) is 27.1 Å². The largest absolute Gasteiger partial charge is 0.381 e. The van der Waals surface area contributed by atoms with E-state index in [2.05, 4.69) is 45.9 Å². The molecule has 1 spiro atoms. The zero-order valence-electron chi connectivity index (χ0n) is 23.3. The van der Waals surface area contributed by atoms with E-state index in [1.807, 2.05) is 19.1 Å². The summed E-state index contributed by atoms with van der Waals surface area (Å²) in [7, 11) is 0. The molecule has 10 heteroatoms. The number of fused-ring (bicyclic) bond motifs is 2. The Hall–Kier alpha value is -2.98. The maximum Gasteiger partial charge on any atom is 0.262 e. The normalized spacial score (nSPS) is 22.5. The van der Waals surface area contributed by atoms with Crippen LogP contribution in [0.4, 0.5) is 0 Å². The lowest BCUT2D eigenvalue weighted by atomic mass is 9.73. The zero-order valence-corrected chi connectivity index (χ0v) is 24.8. The third-order valence-electron chi connectivity index (χ3n) is 8.92. The number of likely N-dealkylation sites (tertiary alicyclic amines) is 1. The minimum Gasteiger partial charge on any atom is -0.381 e. The van der Waals surface area contributed by atoms with Crippen molar-refractivity contribution in [2.45, 2.75) is 50.1 Å². The van der Waals surface area contributed by atoms with Gasteiger partial charge in [-0.1, -0.05) is 47.6 Å². The first kappa shape index (κ1) is 28.2. The van der Waals surface area contributed by atoms with Gasteiger partial charge in [-0.05, 0) is 68.0 Å². The predicted molar refractivity (Wildman–Crippen MR) is 167 cm³/mol. The molecule has 3 aliphatic rings. The number of benzene rings is 2. The maximum atomic E-state index is 13.3. The van der Waals surface area contributed by atoms with Gasteiger partial charge in [0.1, 0.15) is 10.9 Å². The number of aromatic nitrogens is 2. The quantitative estimate of drug-likeness (QED) is 0.233. The average molecular weight is 591 g/mol. The molecule has 6 rings (SSSR count). The molecule has 3 aromatic rings. The predicted octanol–water partition coefficient (Wildman–Crippen LogP) is 5.43. The van der Waals surface area contributed by atoms with Gasteiger partial charge in [-0.3, -0.25) is 14.4 Å². The van der Waals surface area contributed by atoms with Crippen LogP contribution in [0.3, 0.4) is 0 Å². The van der Waals surface area contributed by atoms with Crippen molar-refractivity contribution in [1.82, 2.24) is 14.5 Å². The van der Waals surface area contributed by atoms with Crippen LogP contribution in [0.15, 0.2) is 73.6 Å². The SMILES string of the molecule is C=N/C(=C\N=C(/C)N1CCC2(CC1)Cc1ccccc1[C@@H]2N)Sc1ccc2ncn(CC3CCOC3)c(=O)c2c1Cl. The monoisotopic (exact) mass is 590 g/mol. The van der Waals surface area contributed by atoms with Crippen molar-refractivity contribution in [3.05, 3.63) is 80.5 Å². The standard InChI is InChI=1S/C31H35ClN6O2S/c1-20(37-12-10-31(11-13-37)15-22-5-3-4-6-23(22)29(31)33)35-16-26(34-2)41-25-8-7-24-27(28(25)32)30(39)38(19-36-24)17-21-9-14-40-18-21/h3-8,16,19,21,29H,2,9-15,17-18,33H2,1H3/b26-16+,35-20+/t21?,29-/m0/s1. The lowest BCUT2D eigenvalue weighted by Crippen LogP contribution is -2.45. The molecular formula is C31H35ClN6O2S. The van der Waals surface area contributed by atoms with Crippen LogP contribution in [-0.2, 0) is 17.7 Å². The second-order valence-electron chi connectivity index (χ2n) is 11.3. The average Bonchev–Trinajstić information content (AvgIpc) is 3.60. The zero-order chi connectivity index (χ0) is 28.6. The highest BCUT2D eigenvalue weighted by Crippen LogP contribution is 2.50. The molecule has 2 saturated heterocycles.